The number of aliphatic hydroxyl groups is 1. The topological polar surface area (TPSA) is 52.6 Å². The van der Waals surface area contributed by atoms with Crippen molar-refractivity contribution in [3.8, 4) is 0 Å². The van der Waals surface area contributed by atoms with E-state index in [2.05, 4.69) is 17.1 Å². The van der Waals surface area contributed by atoms with Gasteiger partial charge in [-0.3, -0.25) is 9.69 Å². The van der Waals surface area contributed by atoms with Gasteiger partial charge in [0.25, 0.3) is 0 Å². The van der Waals surface area contributed by atoms with Crippen molar-refractivity contribution in [1.29, 1.82) is 0 Å². The van der Waals surface area contributed by atoms with Crippen molar-refractivity contribution < 1.29 is 9.90 Å². The lowest BCUT2D eigenvalue weighted by molar-refractivity contribution is -0.122. The number of amides is 1. The summed E-state index contributed by atoms with van der Waals surface area (Å²) in [7, 11) is 0. The third kappa shape index (κ3) is 3.38. The molecule has 1 aliphatic heterocycles. The highest BCUT2D eigenvalue weighted by molar-refractivity contribution is 6.03. The Morgan fingerprint density at radius 1 is 1.26 bits per heavy atom. The first-order chi connectivity index (χ1) is 11.1. The van der Waals surface area contributed by atoms with E-state index in [4.69, 9.17) is 0 Å². The minimum atomic E-state index is -0.350. The van der Waals surface area contributed by atoms with Gasteiger partial charge in [-0.1, -0.05) is 43.3 Å². The fourth-order valence-electron chi connectivity index (χ4n) is 3.16. The van der Waals surface area contributed by atoms with Gasteiger partial charge in [-0.05, 0) is 37.3 Å². The van der Waals surface area contributed by atoms with E-state index in [1.165, 1.54) is 0 Å². The molecule has 2 N–H and O–H groups in total. The second-order valence-corrected chi connectivity index (χ2v) is 6.52. The van der Waals surface area contributed by atoms with Gasteiger partial charge in [-0.2, -0.15) is 0 Å². The van der Waals surface area contributed by atoms with E-state index in [-0.39, 0.29) is 18.1 Å². The van der Waals surface area contributed by atoms with Crippen molar-refractivity contribution in [1.82, 2.24) is 4.90 Å². The van der Waals surface area contributed by atoms with Crippen LogP contribution in [0.4, 0.5) is 5.69 Å². The lowest BCUT2D eigenvalue weighted by Crippen LogP contribution is -2.50. The number of hydrogen-bond acceptors (Lipinski definition) is 3. The molecule has 1 fully saturated rings. The number of piperidine rings is 1. The normalized spacial score (nSPS) is 23.6. The lowest BCUT2D eigenvalue weighted by Gasteiger charge is -2.37. The van der Waals surface area contributed by atoms with E-state index < -0.39 is 0 Å². The number of aliphatic hydroxyl groups excluding tert-OH is 1. The van der Waals surface area contributed by atoms with Gasteiger partial charge in [0.1, 0.15) is 0 Å². The second-order valence-electron chi connectivity index (χ2n) is 6.52. The van der Waals surface area contributed by atoms with Crippen molar-refractivity contribution in [2.75, 3.05) is 18.4 Å². The zero-order valence-corrected chi connectivity index (χ0v) is 13.7. The summed E-state index contributed by atoms with van der Waals surface area (Å²) in [5, 5.41) is 15.2. The van der Waals surface area contributed by atoms with Crippen molar-refractivity contribution in [2.45, 2.75) is 32.4 Å². The maximum atomic E-state index is 12.6. The number of benzene rings is 2. The minimum absolute atomic E-state index is 0.0249. The minimum Gasteiger partial charge on any atom is -0.392 e. The average molecular weight is 312 g/mol. The van der Waals surface area contributed by atoms with Crippen LogP contribution in [0.15, 0.2) is 42.5 Å². The fraction of sp³-hybridized carbons (Fsp3) is 0.421. The van der Waals surface area contributed by atoms with E-state index >= 15 is 0 Å². The molecule has 4 nitrogen and oxygen atoms in total. The molecule has 3 atom stereocenters. The van der Waals surface area contributed by atoms with Gasteiger partial charge in [-0.25, -0.2) is 0 Å². The molecule has 0 aliphatic carbocycles. The number of rotatable bonds is 3. The Morgan fingerprint density at radius 2 is 2.00 bits per heavy atom. The highest BCUT2D eigenvalue weighted by Gasteiger charge is 2.30. The van der Waals surface area contributed by atoms with E-state index in [1.807, 2.05) is 49.4 Å². The van der Waals surface area contributed by atoms with Crippen LogP contribution in [0.3, 0.4) is 0 Å². The Kier molecular flexibility index (Phi) is 4.64. The molecule has 122 valence electrons. The van der Waals surface area contributed by atoms with Crippen molar-refractivity contribution >= 4 is 22.4 Å². The first-order valence-corrected chi connectivity index (χ1v) is 8.27. The summed E-state index contributed by atoms with van der Waals surface area (Å²) in [4.78, 5) is 14.7. The number of carbonyl (C=O) groups is 1. The molecule has 0 saturated carbocycles. The molecule has 1 saturated heterocycles. The molecule has 0 aromatic heterocycles. The lowest BCUT2D eigenvalue weighted by atomic mass is 9.95. The first-order valence-electron chi connectivity index (χ1n) is 8.27. The number of hydrogen-bond donors (Lipinski definition) is 2. The van der Waals surface area contributed by atoms with Crippen LogP contribution < -0.4 is 5.32 Å². The van der Waals surface area contributed by atoms with Crippen LogP contribution in [-0.2, 0) is 4.79 Å². The average Bonchev–Trinajstić information content (AvgIpc) is 2.57. The Balaban J connectivity index is 1.73. The summed E-state index contributed by atoms with van der Waals surface area (Å²) in [6.45, 7) is 5.37. The van der Waals surface area contributed by atoms with E-state index in [9.17, 15) is 9.90 Å². The monoisotopic (exact) mass is 312 g/mol. The van der Waals surface area contributed by atoms with Crippen LogP contribution in [0.5, 0.6) is 0 Å². The molecule has 0 radical (unpaired) electrons. The van der Waals surface area contributed by atoms with E-state index in [0.29, 0.717) is 12.5 Å². The molecule has 1 amide bonds. The molecule has 3 rings (SSSR count). The number of nitrogens with zero attached hydrogens (tertiary/aromatic N) is 1. The Labute approximate surface area is 137 Å². The smallest absolute Gasteiger partial charge is 0.241 e. The first kappa shape index (κ1) is 16.0. The van der Waals surface area contributed by atoms with Gasteiger partial charge in [0.05, 0.1) is 12.1 Å². The Hall–Kier alpha value is -1.91. The zero-order chi connectivity index (χ0) is 16.4. The molecule has 2 aromatic carbocycles. The molecule has 1 aliphatic rings. The van der Waals surface area contributed by atoms with Crippen LogP contribution in [0.1, 0.15) is 20.3 Å². The molecule has 2 aromatic rings. The van der Waals surface area contributed by atoms with E-state index in [0.717, 1.165) is 29.4 Å². The van der Waals surface area contributed by atoms with Crippen molar-refractivity contribution in [3.05, 3.63) is 42.5 Å². The van der Waals surface area contributed by atoms with Crippen LogP contribution in [-0.4, -0.2) is 41.1 Å². The molecule has 1 heterocycles. The molecular formula is C19H24N2O2. The predicted octanol–water partition coefficient (Wildman–Crippen LogP) is 2.87. The quantitative estimate of drug-likeness (QED) is 0.916. The van der Waals surface area contributed by atoms with E-state index in [1.54, 1.807) is 0 Å². The third-order valence-corrected chi connectivity index (χ3v) is 4.92. The van der Waals surface area contributed by atoms with Gasteiger partial charge < -0.3 is 10.4 Å². The molecule has 0 bridgehead atoms. The summed E-state index contributed by atoms with van der Waals surface area (Å²) < 4.78 is 0. The molecule has 0 spiro atoms. The third-order valence-electron chi connectivity index (χ3n) is 4.92. The number of carbonyl (C=O) groups excluding carboxylic acids is 1. The zero-order valence-electron chi connectivity index (χ0n) is 13.7. The highest BCUT2D eigenvalue weighted by Crippen LogP contribution is 2.24. The predicted molar refractivity (Wildman–Crippen MR) is 93.4 cm³/mol. The van der Waals surface area contributed by atoms with Crippen LogP contribution >= 0.6 is 0 Å². The second kappa shape index (κ2) is 6.69. The Morgan fingerprint density at radius 3 is 2.78 bits per heavy atom. The summed E-state index contributed by atoms with van der Waals surface area (Å²) in [5.41, 5.74) is 0.839. The summed E-state index contributed by atoms with van der Waals surface area (Å²) in [6, 6.07) is 13.7. The van der Waals surface area contributed by atoms with Crippen LogP contribution in [0, 0.1) is 5.92 Å². The molecule has 3 unspecified atom stereocenters. The number of nitrogens with one attached hydrogen (secondary N) is 1. The molecule has 23 heavy (non-hydrogen) atoms. The fourth-order valence-corrected chi connectivity index (χ4v) is 3.16. The molecular weight excluding hydrogens is 288 g/mol. The van der Waals surface area contributed by atoms with Gasteiger partial charge in [0.15, 0.2) is 0 Å². The Bertz CT molecular complexity index is 695. The number of likely N-dealkylation sites (tertiary alicyclic amines) is 1. The standard InChI is InChI=1S/C19H24N2O2/c1-13-10-11-21(12-18(13)22)14(2)19(23)20-17-9-5-7-15-6-3-4-8-16(15)17/h3-9,13-14,18,22H,10-12H2,1-2H3,(H,20,23). The number of β-amino-alcohol motifs (C(OH)–C–C–N with tert-alkyl or cyclic N) is 1. The van der Waals surface area contributed by atoms with Gasteiger partial charge >= 0.3 is 0 Å². The SMILES string of the molecule is CC1CCN(C(C)C(=O)Nc2cccc3ccccc23)CC1O. The van der Waals surface area contributed by atoms with Gasteiger partial charge in [0, 0.05) is 17.6 Å². The van der Waals surface area contributed by atoms with Crippen molar-refractivity contribution in [3.63, 3.8) is 0 Å². The van der Waals surface area contributed by atoms with Gasteiger partial charge in [0.2, 0.25) is 5.91 Å². The van der Waals surface area contributed by atoms with Crippen LogP contribution in [0.2, 0.25) is 0 Å². The van der Waals surface area contributed by atoms with Gasteiger partial charge in [-0.15, -0.1) is 0 Å². The summed E-state index contributed by atoms with van der Waals surface area (Å²) >= 11 is 0. The summed E-state index contributed by atoms with van der Waals surface area (Å²) in [6.07, 6.45) is 0.573. The largest absolute Gasteiger partial charge is 0.392 e. The van der Waals surface area contributed by atoms with Crippen molar-refractivity contribution in [2.24, 2.45) is 5.92 Å². The maximum absolute atomic E-state index is 12.6. The highest BCUT2D eigenvalue weighted by atomic mass is 16.3. The van der Waals surface area contributed by atoms with Crippen LogP contribution in [0.25, 0.3) is 10.8 Å². The summed E-state index contributed by atoms with van der Waals surface area (Å²) in [5.74, 6) is 0.280. The number of anilines is 1. The maximum Gasteiger partial charge on any atom is 0.241 e. The number of fused-ring (bicyclic) bond motifs is 1. The molecule has 4 heteroatoms.